The second-order valence-corrected chi connectivity index (χ2v) is 6.99. The van der Waals surface area contributed by atoms with E-state index in [9.17, 15) is 15.0 Å². The zero-order valence-electron chi connectivity index (χ0n) is 14.8. The summed E-state index contributed by atoms with van der Waals surface area (Å²) in [6.07, 6.45) is 10.7. The zero-order valence-corrected chi connectivity index (χ0v) is 14.8. The monoisotopic (exact) mass is 340 g/mol. The molecule has 1 aliphatic heterocycles. The molecule has 0 spiro atoms. The van der Waals surface area contributed by atoms with Crippen LogP contribution in [-0.2, 0) is 14.3 Å². The molecule has 2 rings (SSSR count). The Bertz CT molecular complexity index is 414. The molecule has 0 aromatic rings. The van der Waals surface area contributed by atoms with E-state index in [0.717, 1.165) is 37.9 Å². The van der Waals surface area contributed by atoms with E-state index in [1.165, 1.54) is 19.3 Å². The Labute approximate surface area is 145 Å². The Kier molecular flexibility index (Phi) is 8.06. The maximum Gasteiger partial charge on any atom is 0.309 e. The van der Waals surface area contributed by atoms with Crippen molar-refractivity contribution in [2.45, 2.75) is 83.5 Å². The summed E-state index contributed by atoms with van der Waals surface area (Å²) in [6, 6.07) is 0. The molecule has 5 heteroatoms. The largest absolute Gasteiger partial charge is 0.481 e. The number of carboxylic acids is 1. The van der Waals surface area contributed by atoms with E-state index in [1.54, 1.807) is 0 Å². The quantitative estimate of drug-likeness (QED) is 0.492. The highest BCUT2D eigenvalue weighted by atomic mass is 16.7. The van der Waals surface area contributed by atoms with Crippen LogP contribution in [0.25, 0.3) is 0 Å². The van der Waals surface area contributed by atoms with Crippen molar-refractivity contribution in [1.82, 2.24) is 0 Å². The standard InChI is InChI=1S/C19H32O5/c1-2-3-4-5-6-9-16(24-17-10-7-8-13-23-17)14-11-12-15(20)18(14)19(21)22/h9,14-15,17-18,20H,2-8,10-13H2,1H3,(H,21,22). The number of aliphatic hydroxyl groups excluding tert-OH is 1. The molecule has 1 saturated carbocycles. The van der Waals surface area contributed by atoms with Gasteiger partial charge in [0.05, 0.1) is 24.4 Å². The maximum absolute atomic E-state index is 11.6. The minimum atomic E-state index is -0.935. The molecule has 0 aromatic carbocycles. The van der Waals surface area contributed by atoms with Crippen LogP contribution in [0, 0.1) is 11.8 Å². The van der Waals surface area contributed by atoms with Crippen molar-refractivity contribution in [3.63, 3.8) is 0 Å². The minimum absolute atomic E-state index is 0.241. The average Bonchev–Trinajstić information content (AvgIpc) is 2.96. The highest BCUT2D eigenvalue weighted by Crippen LogP contribution is 2.39. The summed E-state index contributed by atoms with van der Waals surface area (Å²) in [5, 5.41) is 19.5. The summed E-state index contributed by atoms with van der Waals surface area (Å²) in [5.74, 6) is -1.22. The zero-order chi connectivity index (χ0) is 17.4. The first-order chi connectivity index (χ1) is 11.6. The van der Waals surface area contributed by atoms with Crippen LogP contribution >= 0.6 is 0 Å². The molecule has 4 unspecified atom stereocenters. The van der Waals surface area contributed by atoms with E-state index in [1.807, 2.05) is 6.08 Å². The summed E-state index contributed by atoms with van der Waals surface area (Å²) in [5.41, 5.74) is 0. The first-order valence-electron chi connectivity index (χ1n) is 9.52. The number of ether oxygens (including phenoxy) is 2. The summed E-state index contributed by atoms with van der Waals surface area (Å²) < 4.78 is 11.7. The van der Waals surface area contributed by atoms with E-state index >= 15 is 0 Å². The van der Waals surface area contributed by atoms with E-state index in [-0.39, 0.29) is 12.2 Å². The Morgan fingerprint density at radius 2 is 2.04 bits per heavy atom. The molecule has 0 amide bonds. The highest BCUT2D eigenvalue weighted by Gasteiger charge is 2.43. The van der Waals surface area contributed by atoms with Gasteiger partial charge in [-0.05, 0) is 44.6 Å². The molecule has 1 heterocycles. The number of hydrogen-bond donors (Lipinski definition) is 2. The van der Waals surface area contributed by atoms with Gasteiger partial charge in [0.2, 0.25) is 0 Å². The van der Waals surface area contributed by atoms with Crippen molar-refractivity contribution in [2.24, 2.45) is 11.8 Å². The molecular weight excluding hydrogens is 308 g/mol. The van der Waals surface area contributed by atoms with Crippen LogP contribution in [0.2, 0.25) is 0 Å². The van der Waals surface area contributed by atoms with Gasteiger partial charge in [-0.3, -0.25) is 4.79 Å². The van der Waals surface area contributed by atoms with Crippen LogP contribution < -0.4 is 0 Å². The van der Waals surface area contributed by atoms with Crippen LogP contribution in [0.15, 0.2) is 11.8 Å². The number of unbranched alkanes of at least 4 members (excludes halogenated alkanes) is 4. The number of carbonyl (C=O) groups is 1. The molecule has 2 N–H and O–H groups in total. The lowest BCUT2D eigenvalue weighted by atomic mass is 9.92. The molecular formula is C19H32O5. The van der Waals surface area contributed by atoms with Gasteiger partial charge in [0.15, 0.2) is 6.29 Å². The van der Waals surface area contributed by atoms with Gasteiger partial charge in [0.1, 0.15) is 0 Å². The van der Waals surface area contributed by atoms with Crippen molar-refractivity contribution in [1.29, 1.82) is 0 Å². The number of rotatable bonds is 9. The number of carboxylic acid groups (broad SMARTS) is 1. The molecule has 1 saturated heterocycles. The van der Waals surface area contributed by atoms with Crippen LogP contribution in [0.5, 0.6) is 0 Å². The SMILES string of the molecule is CCCCCCC=C(OC1CCCCO1)C1CCC(O)C1C(=O)O. The fourth-order valence-corrected chi connectivity index (χ4v) is 3.69. The normalized spacial score (nSPS) is 31.2. The minimum Gasteiger partial charge on any atom is -0.481 e. The summed E-state index contributed by atoms with van der Waals surface area (Å²) in [6.45, 7) is 2.88. The van der Waals surface area contributed by atoms with Crippen molar-refractivity contribution in [3.8, 4) is 0 Å². The van der Waals surface area contributed by atoms with Crippen LogP contribution in [0.3, 0.4) is 0 Å². The first-order valence-corrected chi connectivity index (χ1v) is 9.52. The van der Waals surface area contributed by atoms with E-state index in [0.29, 0.717) is 19.4 Å². The average molecular weight is 340 g/mol. The lowest BCUT2D eigenvalue weighted by Crippen LogP contribution is -2.31. The Morgan fingerprint density at radius 1 is 1.21 bits per heavy atom. The third kappa shape index (κ3) is 5.49. The maximum atomic E-state index is 11.6. The van der Waals surface area contributed by atoms with Gasteiger partial charge in [0, 0.05) is 12.3 Å². The Hall–Kier alpha value is -1.07. The summed E-state index contributed by atoms with van der Waals surface area (Å²) >= 11 is 0. The predicted octanol–water partition coefficient (Wildman–Crippen LogP) is 3.86. The second kappa shape index (κ2) is 10.0. The van der Waals surface area contributed by atoms with Gasteiger partial charge < -0.3 is 19.7 Å². The molecule has 0 aromatic heterocycles. The number of aliphatic carboxylic acids is 1. The van der Waals surface area contributed by atoms with Gasteiger partial charge in [-0.1, -0.05) is 26.2 Å². The molecule has 5 nitrogen and oxygen atoms in total. The lowest BCUT2D eigenvalue weighted by Gasteiger charge is -2.28. The lowest BCUT2D eigenvalue weighted by molar-refractivity contribution is -0.155. The first kappa shape index (κ1) is 19.3. The number of hydrogen-bond acceptors (Lipinski definition) is 4. The molecule has 2 fully saturated rings. The fourth-order valence-electron chi connectivity index (χ4n) is 3.69. The van der Waals surface area contributed by atoms with Gasteiger partial charge in [-0.25, -0.2) is 0 Å². The molecule has 1 aliphatic carbocycles. The molecule has 0 radical (unpaired) electrons. The molecule has 4 atom stereocenters. The predicted molar refractivity (Wildman–Crippen MR) is 91.4 cm³/mol. The van der Waals surface area contributed by atoms with Gasteiger partial charge >= 0.3 is 5.97 Å². The highest BCUT2D eigenvalue weighted by molar-refractivity contribution is 5.72. The van der Waals surface area contributed by atoms with Gasteiger partial charge in [0.25, 0.3) is 0 Å². The molecule has 0 bridgehead atoms. The molecule has 138 valence electrons. The van der Waals surface area contributed by atoms with Crippen LogP contribution in [0.1, 0.15) is 71.1 Å². The van der Waals surface area contributed by atoms with Crippen molar-refractivity contribution < 1.29 is 24.5 Å². The van der Waals surface area contributed by atoms with E-state index in [4.69, 9.17) is 9.47 Å². The summed E-state index contributed by atoms with van der Waals surface area (Å²) in [7, 11) is 0. The fraction of sp³-hybridized carbons (Fsp3) is 0.842. The van der Waals surface area contributed by atoms with Gasteiger partial charge in [-0.2, -0.15) is 0 Å². The van der Waals surface area contributed by atoms with E-state index in [2.05, 4.69) is 6.92 Å². The van der Waals surface area contributed by atoms with Crippen molar-refractivity contribution in [2.75, 3.05) is 6.61 Å². The van der Waals surface area contributed by atoms with Gasteiger partial charge in [-0.15, -0.1) is 0 Å². The number of aliphatic hydroxyl groups is 1. The summed E-state index contributed by atoms with van der Waals surface area (Å²) in [4.78, 5) is 11.6. The van der Waals surface area contributed by atoms with Crippen LogP contribution in [0.4, 0.5) is 0 Å². The van der Waals surface area contributed by atoms with E-state index < -0.39 is 18.0 Å². The Morgan fingerprint density at radius 3 is 2.71 bits per heavy atom. The topological polar surface area (TPSA) is 76.0 Å². The smallest absolute Gasteiger partial charge is 0.309 e. The molecule has 24 heavy (non-hydrogen) atoms. The molecule has 2 aliphatic rings. The third-order valence-corrected chi connectivity index (χ3v) is 5.08. The second-order valence-electron chi connectivity index (χ2n) is 6.99. The number of allylic oxidation sites excluding steroid dienone is 2. The van der Waals surface area contributed by atoms with Crippen LogP contribution in [-0.4, -0.2) is 35.2 Å². The van der Waals surface area contributed by atoms with Crippen molar-refractivity contribution in [3.05, 3.63) is 11.8 Å². The van der Waals surface area contributed by atoms with Crippen molar-refractivity contribution >= 4 is 5.97 Å². The Balaban J connectivity index is 2.02. The third-order valence-electron chi connectivity index (χ3n) is 5.08.